The average molecular weight is 238 g/mol. The van der Waals surface area contributed by atoms with Crippen molar-refractivity contribution >= 4 is 17.5 Å². The molecular formula is C12H16ClN3. The van der Waals surface area contributed by atoms with E-state index in [4.69, 9.17) is 11.6 Å². The molecule has 0 atom stereocenters. The summed E-state index contributed by atoms with van der Waals surface area (Å²) in [6, 6.07) is 0. The van der Waals surface area contributed by atoms with E-state index in [1.54, 1.807) is 12.4 Å². The van der Waals surface area contributed by atoms with Crippen molar-refractivity contribution < 1.29 is 0 Å². The van der Waals surface area contributed by atoms with Crippen molar-refractivity contribution in [2.75, 3.05) is 18.0 Å². The maximum absolute atomic E-state index is 5.78. The third-order valence-corrected chi connectivity index (χ3v) is 3.91. The number of hydrogen-bond donors (Lipinski definition) is 0. The molecule has 0 bridgehead atoms. The molecule has 1 aromatic heterocycles. The molecule has 16 heavy (non-hydrogen) atoms. The minimum Gasteiger partial charge on any atom is -0.341 e. The first-order valence-electron chi connectivity index (χ1n) is 6.05. The Morgan fingerprint density at radius 2 is 1.56 bits per heavy atom. The van der Waals surface area contributed by atoms with Gasteiger partial charge >= 0.3 is 0 Å². The van der Waals surface area contributed by atoms with E-state index in [0.29, 0.717) is 5.02 Å². The topological polar surface area (TPSA) is 29.0 Å². The van der Waals surface area contributed by atoms with Crippen molar-refractivity contribution in [3.63, 3.8) is 0 Å². The van der Waals surface area contributed by atoms with Crippen LogP contribution in [-0.4, -0.2) is 23.1 Å². The van der Waals surface area contributed by atoms with Gasteiger partial charge in [0.15, 0.2) is 0 Å². The van der Waals surface area contributed by atoms with E-state index in [2.05, 4.69) is 14.9 Å². The predicted molar refractivity (Wildman–Crippen MR) is 64.7 cm³/mol. The number of piperidine rings is 1. The molecule has 1 saturated heterocycles. The second-order valence-electron chi connectivity index (χ2n) is 4.86. The van der Waals surface area contributed by atoms with Crippen LogP contribution in [0.4, 0.5) is 5.95 Å². The highest BCUT2D eigenvalue weighted by atomic mass is 35.5. The van der Waals surface area contributed by atoms with Crippen LogP contribution in [0.3, 0.4) is 0 Å². The zero-order valence-corrected chi connectivity index (χ0v) is 10.0. The van der Waals surface area contributed by atoms with Crippen molar-refractivity contribution in [2.45, 2.75) is 25.7 Å². The highest BCUT2D eigenvalue weighted by Crippen LogP contribution is 2.41. The van der Waals surface area contributed by atoms with Gasteiger partial charge in [0, 0.05) is 13.1 Å². The number of halogens is 1. The molecule has 3 nitrogen and oxygen atoms in total. The van der Waals surface area contributed by atoms with Crippen LogP contribution in [0.5, 0.6) is 0 Å². The summed E-state index contributed by atoms with van der Waals surface area (Å²) in [6.45, 7) is 2.20. The fourth-order valence-electron chi connectivity index (χ4n) is 2.61. The van der Waals surface area contributed by atoms with Crippen LogP contribution in [0.25, 0.3) is 0 Å². The molecule has 1 saturated carbocycles. The lowest BCUT2D eigenvalue weighted by Crippen LogP contribution is -2.35. The summed E-state index contributed by atoms with van der Waals surface area (Å²) in [5, 5.41) is 0.608. The summed E-state index contributed by atoms with van der Waals surface area (Å²) in [4.78, 5) is 10.8. The first-order chi connectivity index (χ1) is 7.83. The van der Waals surface area contributed by atoms with E-state index in [-0.39, 0.29) is 0 Å². The lowest BCUT2D eigenvalue weighted by atomic mass is 9.92. The Bertz CT molecular complexity index is 353. The predicted octanol–water partition coefficient (Wildman–Crippen LogP) is 2.76. The van der Waals surface area contributed by atoms with Crippen molar-refractivity contribution in [1.29, 1.82) is 0 Å². The van der Waals surface area contributed by atoms with Crippen molar-refractivity contribution in [2.24, 2.45) is 11.8 Å². The molecule has 2 fully saturated rings. The standard InChI is InChI=1S/C12H16ClN3/c13-11-7-14-12(15-8-11)16-5-3-10(4-6-16)9-1-2-9/h7-10H,1-6H2. The molecule has 0 aromatic carbocycles. The Labute approximate surface area is 101 Å². The Hall–Kier alpha value is -0.830. The fourth-order valence-corrected chi connectivity index (χ4v) is 2.70. The van der Waals surface area contributed by atoms with Gasteiger partial charge in [0.25, 0.3) is 0 Å². The van der Waals surface area contributed by atoms with Gasteiger partial charge in [-0.2, -0.15) is 0 Å². The molecule has 3 rings (SSSR count). The quantitative estimate of drug-likeness (QED) is 0.792. The lowest BCUT2D eigenvalue weighted by Gasteiger charge is -2.31. The van der Waals surface area contributed by atoms with Crippen molar-refractivity contribution in [3.8, 4) is 0 Å². The maximum atomic E-state index is 5.78. The largest absolute Gasteiger partial charge is 0.341 e. The Morgan fingerprint density at radius 3 is 2.12 bits per heavy atom. The third kappa shape index (κ3) is 2.14. The summed E-state index contributed by atoms with van der Waals surface area (Å²) in [5.41, 5.74) is 0. The molecule has 2 heterocycles. The van der Waals surface area contributed by atoms with Crippen LogP contribution in [0.1, 0.15) is 25.7 Å². The van der Waals surface area contributed by atoms with Crippen LogP contribution < -0.4 is 4.90 Å². The summed E-state index contributed by atoms with van der Waals surface area (Å²) < 4.78 is 0. The highest BCUT2D eigenvalue weighted by Gasteiger charge is 2.33. The van der Waals surface area contributed by atoms with Gasteiger partial charge in [-0.3, -0.25) is 0 Å². The molecule has 86 valence electrons. The molecule has 0 amide bonds. The molecule has 0 N–H and O–H groups in total. The van der Waals surface area contributed by atoms with Crippen molar-refractivity contribution in [3.05, 3.63) is 17.4 Å². The second-order valence-corrected chi connectivity index (χ2v) is 5.30. The number of nitrogens with zero attached hydrogens (tertiary/aromatic N) is 3. The Balaban J connectivity index is 1.62. The number of aromatic nitrogens is 2. The lowest BCUT2D eigenvalue weighted by molar-refractivity contribution is 0.361. The maximum Gasteiger partial charge on any atom is 0.225 e. The van der Waals surface area contributed by atoms with Gasteiger partial charge in [-0.15, -0.1) is 0 Å². The van der Waals surface area contributed by atoms with E-state index in [0.717, 1.165) is 30.9 Å². The third-order valence-electron chi connectivity index (χ3n) is 3.72. The van der Waals surface area contributed by atoms with E-state index in [1.165, 1.54) is 25.7 Å². The van der Waals surface area contributed by atoms with Crippen LogP contribution in [0, 0.1) is 11.8 Å². The summed E-state index contributed by atoms with van der Waals surface area (Å²) in [6.07, 6.45) is 8.88. The van der Waals surface area contributed by atoms with Gasteiger partial charge in [0.2, 0.25) is 5.95 Å². The number of anilines is 1. The summed E-state index contributed by atoms with van der Waals surface area (Å²) >= 11 is 5.78. The molecule has 1 aliphatic carbocycles. The molecule has 1 aliphatic heterocycles. The van der Waals surface area contributed by atoms with E-state index in [1.807, 2.05) is 0 Å². The Kier molecular flexibility index (Phi) is 2.72. The second kappa shape index (κ2) is 4.21. The smallest absolute Gasteiger partial charge is 0.225 e. The van der Waals surface area contributed by atoms with Gasteiger partial charge in [-0.1, -0.05) is 11.6 Å². The zero-order valence-electron chi connectivity index (χ0n) is 9.27. The first-order valence-corrected chi connectivity index (χ1v) is 6.43. The number of rotatable bonds is 2. The molecule has 2 aliphatic rings. The SMILES string of the molecule is Clc1cnc(N2CCC(C3CC3)CC2)nc1. The normalized spacial score (nSPS) is 22.4. The summed E-state index contributed by atoms with van der Waals surface area (Å²) in [7, 11) is 0. The van der Waals surface area contributed by atoms with E-state index < -0.39 is 0 Å². The van der Waals surface area contributed by atoms with Gasteiger partial charge in [0.1, 0.15) is 0 Å². The minimum absolute atomic E-state index is 0.608. The molecule has 0 radical (unpaired) electrons. The molecule has 4 heteroatoms. The van der Waals surface area contributed by atoms with Crippen molar-refractivity contribution in [1.82, 2.24) is 9.97 Å². The van der Waals surface area contributed by atoms with Gasteiger partial charge in [-0.25, -0.2) is 9.97 Å². The highest BCUT2D eigenvalue weighted by molar-refractivity contribution is 6.30. The molecule has 0 unspecified atom stereocenters. The van der Waals surface area contributed by atoms with Crippen LogP contribution in [-0.2, 0) is 0 Å². The zero-order chi connectivity index (χ0) is 11.0. The minimum atomic E-state index is 0.608. The summed E-state index contributed by atoms with van der Waals surface area (Å²) in [5.74, 6) is 2.83. The molecular weight excluding hydrogens is 222 g/mol. The van der Waals surface area contributed by atoms with Gasteiger partial charge in [-0.05, 0) is 37.5 Å². The van der Waals surface area contributed by atoms with Crippen LogP contribution >= 0.6 is 11.6 Å². The number of hydrogen-bond acceptors (Lipinski definition) is 3. The van der Waals surface area contributed by atoms with Gasteiger partial charge < -0.3 is 4.90 Å². The first kappa shape index (κ1) is 10.3. The monoisotopic (exact) mass is 237 g/mol. The van der Waals surface area contributed by atoms with E-state index >= 15 is 0 Å². The average Bonchev–Trinajstić information content (AvgIpc) is 3.14. The van der Waals surface area contributed by atoms with Crippen LogP contribution in [0.2, 0.25) is 5.02 Å². The molecule has 0 spiro atoms. The van der Waals surface area contributed by atoms with Gasteiger partial charge in [0.05, 0.1) is 17.4 Å². The molecule has 1 aromatic rings. The van der Waals surface area contributed by atoms with Crippen LogP contribution in [0.15, 0.2) is 12.4 Å². The van der Waals surface area contributed by atoms with E-state index in [9.17, 15) is 0 Å². The fraction of sp³-hybridized carbons (Fsp3) is 0.667. The Morgan fingerprint density at radius 1 is 1.00 bits per heavy atom.